The molecule has 1 atom stereocenters. The number of amides is 2. The Morgan fingerprint density at radius 2 is 1.74 bits per heavy atom. The van der Waals surface area contributed by atoms with Gasteiger partial charge in [-0.05, 0) is 50.3 Å². The van der Waals surface area contributed by atoms with Crippen LogP contribution in [0.1, 0.15) is 63.0 Å². The lowest BCUT2D eigenvalue weighted by molar-refractivity contribution is -0.141. The Labute approximate surface area is 227 Å². The van der Waals surface area contributed by atoms with Crippen LogP contribution in [-0.2, 0) is 26.2 Å². The monoisotopic (exact) mass is 543 g/mol. The Morgan fingerprint density at radius 3 is 2.34 bits per heavy atom. The largest absolute Gasteiger partial charge is 0.495 e. The number of rotatable bonds is 13. The number of aryl methyl sites for hydroxylation is 1. The fraction of sp³-hybridized carbons (Fsp3) is 0.517. The molecule has 8 nitrogen and oxygen atoms in total. The van der Waals surface area contributed by atoms with Crippen molar-refractivity contribution in [3.63, 3.8) is 0 Å². The van der Waals surface area contributed by atoms with Gasteiger partial charge in [-0.2, -0.15) is 0 Å². The second-order valence-corrected chi connectivity index (χ2v) is 11.9. The number of nitrogens with zero attached hydrogens (tertiary/aromatic N) is 2. The number of methoxy groups -OCH3 is 1. The molecule has 38 heavy (non-hydrogen) atoms. The lowest BCUT2D eigenvalue weighted by Crippen LogP contribution is -2.51. The number of para-hydroxylation sites is 2. The summed E-state index contributed by atoms with van der Waals surface area (Å²) in [5.74, 6) is 0.152. The zero-order valence-corrected chi connectivity index (χ0v) is 23.8. The first-order valence-corrected chi connectivity index (χ1v) is 15.2. The molecule has 1 aliphatic rings. The van der Waals surface area contributed by atoms with Crippen LogP contribution in [0.5, 0.6) is 5.75 Å². The van der Waals surface area contributed by atoms with E-state index in [1.54, 1.807) is 29.2 Å². The molecule has 0 radical (unpaired) electrons. The number of hydrogen-bond donors (Lipinski definition) is 1. The van der Waals surface area contributed by atoms with E-state index in [0.717, 1.165) is 43.1 Å². The molecule has 0 spiro atoms. The van der Waals surface area contributed by atoms with Gasteiger partial charge < -0.3 is 15.0 Å². The number of hydrogen-bond acceptors (Lipinski definition) is 5. The van der Waals surface area contributed by atoms with Crippen molar-refractivity contribution in [2.45, 2.75) is 77.4 Å². The van der Waals surface area contributed by atoms with Gasteiger partial charge in [0, 0.05) is 25.6 Å². The Kier molecular flexibility index (Phi) is 10.6. The van der Waals surface area contributed by atoms with E-state index in [2.05, 4.69) is 5.32 Å². The molecule has 1 fully saturated rings. The number of benzene rings is 2. The predicted molar refractivity (Wildman–Crippen MR) is 151 cm³/mol. The van der Waals surface area contributed by atoms with Crippen molar-refractivity contribution < 1.29 is 22.7 Å². The molecule has 1 aliphatic carbocycles. The van der Waals surface area contributed by atoms with E-state index in [0.29, 0.717) is 30.8 Å². The van der Waals surface area contributed by atoms with Crippen LogP contribution in [0.2, 0.25) is 0 Å². The van der Waals surface area contributed by atoms with Crippen molar-refractivity contribution in [1.29, 1.82) is 0 Å². The van der Waals surface area contributed by atoms with Gasteiger partial charge in [-0.1, -0.05) is 61.7 Å². The van der Waals surface area contributed by atoms with Crippen molar-refractivity contribution >= 4 is 27.5 Å². The minimum atomic E-state index is -3.60. The minimum Gasteiger partial charge on any atom is -0.495 e. The highest BCUT2D eigenvalue weighted by Gasteiger charge is 2.31. The third kappa shape index (κ3) is 7.96. The van der Waals surface area contributed by atoms with E-state index in [9.17, 15) is 18.0 Å². The summed E-state index contributed by atoms with van der Waals surface area (Å²) in [6.45, 7) is 4.36. The maximum atomic E-state index is 13.6. The van der Waals surface area contributed by atoms with E-state index >= 15 is 0 Å². The third-order valence-electron chi connectivity index (χ3n) is 7.07. The fourth-order valence-electron chi connectivity index (χ4n) is 5.00. The first-order valence-electron chi connectivity index (χ1n) is 13.4. The molecule has 208 valence electrons. The molecule has 0 unspecified atom stereocenters. The number of anilines is 1. The van der Waals surface area contributed by atoms with Gasteiger partial charge >= 0.3 is 0 Å². The third-order valence-corrected chi connectivity index (χ3v) is 8.25. The molecule has 2 aromatic rings. The van der Waals surface area contributed by atoms with Gasteiger partial charge in [0.2, 0.25) is 21.8 Å². The highest BCUT2D eigenvalue weighted by Crippen LogP contribution is 2.30. The lowest BCUT2D eigenvalue weighted by atomic mass is 10.1. The molecule has 0 saturated heterocycles. The van der Waals surface area contributed by atoms with Crippen molar-refractivity contribution in [3.05, 3.63) is 59.7 Å². The molecule has 2 amide bonds. The molecule has 1 saturated carbocycles. The summed E-state index contributed by atoms with van der Waals surface area (Å²) in [7, 11) is -2.11. The van der Waals surface area contributed by atoms with Crippen molar-refractivity contribution in [3.8, 4) is 5.75 Å². The summed E-state index contributed by atoms with van der Waals surface area (Å²) >= 11 is 0. The molecule has 0 aromatic heterocycles. The summed E-state index contributed by atoms with van der Waals surface area (Å²) < 4.78 is 31.9. The maximum absolute atomic E-state index is 13.6. The van der Waals surface area contributed by atoms with Crippen molar-refractivity contribution in [2.24, 2.45) is 0 Å². The van der Waals surface area contributed by atoms with E-state index in [1.807, 2.05) is 38.1 Å². The number of sulfonamides is 1. The number of carbonyl (C=O) groups excluding carboxylic acids is 2. The van der Waals surface area contributed by atoms with Gasteiger partial charge in [-0.25, -0.2) is 8.42 Å². The Hall–Kier alpha value is -3.07. The van der Waals surface area contributed by atoms with Gasteiger partial charge in [0.25, 0.3) is 0 Å². The second kappa shape index (κ2) is 13.6. The summed E-state index contributed by atoms with van der Waals surface area (Å²) in [5, 5.41) is 3.15. The van der Waals surface area contributed by atoms with Crippen LogP contribution in [0.25, 0.3) is 0 Å². The van der Waals surface area contributed by atoms with Crippen molar-refractivity contribution in [1.82, 2.24) is 10.2 Å². The normalized spacial score (nSPS) is 14.6. The number of nitrogens with one attached hydrogen (secondary N) is 1. The zero-order valence-electron chi connectivity index (χ0n) is 23.0. The Balaban J connectivity index is 1.77. The van der Waals surface area contributed by atoms with Crippen LogP contribution < -0.4 is 14.4 Å². The second-order valence-electron chi connectivity index (χ2n) is 10.0. The van der Waals surface area contributed by atoms with E-state index in [1.165, 1.54) is 11.4 Å². The van der Waals surface area contributed by atoms with Gasteiger partial charge in [0.15, 0.2) is 0 Å². The zero-order chi connectivity index (χ0) is 27.7. The predicted octanol–water partition coefficient (Wildman–Crippen LogP) is 4.42. The molecule has 0 heterocycles. The molecule has 2 aromatic carbocycles. The first kappa shape index (κ1) is 29.5. The van der Waals surface area contributed by atoms with Gasteiger partial charge in [-0.15, -0.1) is 0 Å². The Morgan fingerprint density at radius 1 is 1.08 bits per heavy atom. The fourth-order valence-corrected chi connectivity index (χ4v) is 5.96. The van der Waals surface area contributed by atoms with Crippen LogP contribution in [0.3, 0.4) is 0 Å². The summed E-state index contributed by atoms with van der Waals surface area (Å²) in [6, 6.07) is 14.4. The van der Waals surface area contributed by atoms with Gasteiger partial charge in [0.1, 0.15) is 11.8 Å². The molecule has 9 heteroatoms. The average molecular weight is 544 g/mol. The highest BCUT2D eigenvalue weighted by atomic mass is 32.2. The highest BCUT2D eigenvalue weighted by molar-refractivity contribution is 7.92. The molecule has 0 aliphatic heterocycles. The van der Waals surface area contributed by atoms with Crippen LogP contribution in [0.15, 0.2) is 48.5 Å². The molecule has 1 N–H and O–H groups in total. The van der Waals surface area contributed by atoms with E-state index in [4.69, 9.17) is 4.74 Å². The standard InChI is InChI=1S/C29H41N3O5S/c1-5-25(29(34)30-24-11-6-7-12-24)31(21-23-18-16-22(2)17-19-23)28(33)15-10-20-32(38(4,35)36)26-13-8-9-14-27(26)37-3/h8-9,13-14,16-19,24-25H,5-7,10-12,15,20-21H2,1-4H3,(H,30,34)/t25-/m1/s1. The van der Waals surface area contributed by atoms with Crippen LogP contribution in [0, 0.1) is 6.92 Å². The van der Waals surface area contributed by atoms with Gasteiger partial charge in [0.05, 0.1) is 19.1 Å². The minimum absolute atomic E-state index is 0.111. The van der Waals surface area contributed by atoms with E-state index in [-0.39, 0.29) is 30.8 Å². The summed E-state index contributed by atoms with van der Waals surface area (Å²) in [5.41, 5.74) is 2.50. The van der Waals surface area contributed by atoms with E-state index < -0.39 is 16.1 Å². The summed E-state index contributed by atoms with van der Waals surface area (Å²) in [4.78, 5) is 28.5. The molecular formula is C29H41N3O5S. The smallest absolute Gasteiger partial charge is 0.243 e. The molecule has 0 bridgehead atoms. The summed E-state index contributed by atoms with van der Waals surface area (Å²) in [6.07, 6.45) is 6.21. The van der Waals surface area contributed by atoms with Crippen LogP contribution in [0.4, 0.5) is 5.69 Å². The lowest BCUT2D eigenvalue weighted by Gasteiger charge is -2.32. The van der Waals surface area contributed by atoms with Gasteiger partial charge in [-0.3, -0.25) is 13.9 Å². The molecule has 3 rings (SSSR count). The maximum Gasteiger partial charge on any atom is 0.243 e. The average Bonchev–Trinajstić information content (AvgIpc) is 3.40. The number of carbonyl (C=O) groups is 2. The van der Waals surface area contributed by atoms with Crippen LogP contribution >= 0.6 is 0 Å². The quantitative estimate of drug-likeness (QED) is 0.404. The number of ether oxygens (including phenoxy) is 1. The SMILES string of the molecule is CC[C@H](C(=O)NC1CCCC1)N(Cc1ccc(C)cc1)C(=O)CCCN(c1ccccc1OC)S(C)(=O)=O. The first-order chi connectivity index (χ1) is 18.1. The van der Waals surface area contributed by atoms with Crippen LogP contribution in [-0.4, -0.2) is 57.1 Å². The Bertz CT molecular complexity index is 1180. The molecular weight excluding hydrogens is 502 g/mol. The van der Waals surface area contributed by atoms with Crippen molar-refractivity contribution in [2.75, 3.05) is 24.2 Å². The topological polar surface area (TPSA) is 96.0 Å².